The van der Waals surface area contributed by atoms with Crippen LogP contribution in [0.5, 0.6) is 0 Å². The summed E-state index contributed by atoms with van der Waals surface area (Å²) >= 11 is 3.79. The Balaban J connectivity index is 4.79. The Hall–Kier alpha value is -1.85. The minimum Gasteiger partial charge on any atom is -0.480 e. The number of aliphatic carboxylic acids is 1. The summed E-state index contributed by atoms with van der Waals surface area (Å²) in [5.74, 6) is -3.76. The summed E-state index contributed by atoms with van der Waals surface area (Å²) in [7, 11) is 0. The van der Waals surface area contributed by atoms with Crippen molar-refractivity contribution in [1.82, 2.24) is 10.6 Å². The zero-order chi connectivity index (χ0) is 18.2. The summed E-state index contributed by atoms with van der Waals surface area (Å²) in [5.41, 5.74) is 10.5. The molecule has 23 heavy (non-hydrogen) atoms. The Morgan fingerprint density at radius 3 is 2.13 bits per heavy atom. The normalized spacial score (nSPS) is 15.8. The molecule has 4 unspecified atom stereocenters. The zero-order valence-electron chi connectivity index (χ0n) is 12.6. The van der Waals surface area contributed by atoms with Crippen molar-refractivity contribution < 1.29 is 29.4 Å². The summed E-state index contributed by atoms with van der Waals surface area (Å²) in [4.78, 5) is 45.3. The van der Waals surface area contributed by atoms with Gasteiger partial charge in [0.05, 0.1) is 12.1 Å². The molecule has 0 radical (unpaired) electrons. The SMILES string of the molecule is CC(O)C(NC(=O)C(N)CCC(N)=O)C(=O)NC(CS)C(=O)O. The van der Waals surface area contributed by atoms with Gasteiger partial charge in [-0.3, -0.25) is 14.4 Å². The lowest BCUT2D eigenvalue weighted by molar-refractivity contribution is -0.142. The van der Waals surface area contributed by atoms with Gasteiger partial charge in [0.1, 0.15) is 12.1 Å². The summed E-state index contributed by atoms with van der Waals surface area (Å²) < 4.78 is 0. The highest BCUT2D eigenvalue weighted by Crippen LogP contribution is 2.00. The predicted molar refractivity (Wildman–Crippen MR) is 83.4 cm³/mol. The molecule has 0 rings (SSSR count). The van der Waals surface area contributed by atoms with Gasteiger partial charge in [-0.2, -0.15) is 12.6 Å². The molecule has 0 spiro atoms. The van der Waals surface area contributed by atoms with Crippen LogP contribution in [0.4, 0.5) is 0 Å². The number of hydrogen-bond acceptors (Lipinski definition) is 7. The number of carbonyl (C=O) groups is 4. The number of hydrogen-bond donors (Lipinski definition) is 7. The molecule has 11 heteroatoms. The molecular weight excluding hydrogens is 328 g/mol. The third kappa shape index (κ3) is 7.81. The molecule has 0 saturated carbocycles. The summed E-state index contributed by atoms with van der Waals surface area (Å²) in [5, 5.41) is 22.8. The quantitative estimate of drug-likeness (QED) is 0.204. The summed E-state index contributed by atoms with van der Waals surface area (Å²) in [6.07, 6.45) is -1.43. The Bertz CT molecular complexity index is 459. The number of nitrogens with two attached hydrogens (primary N) is 2. The van der Waals surface area contributed by atoms with Gasteiger partial charge < -0.3 is 32.3 Å². The van der Waals surface area contributed by atoms with E-state index in [0.29, 0.717) is 0 Å². The van der Waals surface area contributed by atoms with Crippen molar-refractivity contribution in [2.45, 2.75) is 44.0 Å². The van der Waals surface area contributed by atoms with Gasteiger partial charge >= 0.3 is 5.97 Å². The van der Waals surface area contributed by atoms with E-state index in [4.69, 9.17) is 16.6 Å². The number of amides is 3. The van der Waals surface area contributed by atoms with Gasteiger partial charge in [-0.05, 0) is 13.3 Å². The molecule has 0 aromatic carbocycles. The van der Waals surface area contributed by atoms with Gasteiger partial charge in [0.25, 0.3) is 0 Å². The third-order valence-corrected chi connectivity index (χ3v) is 3.26. The number of carbonyl (C=O) groups excluding carboxylic acids is 3. The number of primary amides is 1. The second kappa shape index (κ2) is 10.0. The van der Waals surface area contributed by atoms with Crippen molar-refractivity contribution in [3.8, 4) is 0 Å². The molecule has 0 aliphatic rings. The van der Waals surface area contributed by atoms with Crippen LogP contribution in [0.2, 0.25) is 0 Å². The first kappa shape index (κ1) is 21.1. The maximum Gasteiger partial charge on any atom is 0.327 e. The minimum atomic E-state index is -1.40. The monoisotopic (exact) mass is 350 g/mol. The lowest BCUT2D eigenvalue weighted by Crippen LogP contribution is -2.58. The van der Waals surface area contributed by atoms with Crippen molar-refractivity contribution in [3.05, 3.63) is 0 Å². The smallest absolute Gasteiger partial charge is 0.327 e. The van der Waals surface area contributed by atoms with Crippen LogP contribution < -0.4 is 22.1 Å². The largest absolute Gasteiger partial charge is 0.480 e. The van der Waals surface area contributed by atoms with Crippen molar-refractivity contribution in [2.24, 2.45) is 11.5 Å². The Kier molecular flexibility index (Phi) is 9.22. The van der Waals surface area contributed by atoms with Crippen molar-refractivity contribution in [1.29, 1.82) is 0 Å². The van der Waals surface area contributed by atoms with Crippen molar-refractivity contribution in [2.75, 3.05) is 5.75 Å². The maximum absolute atomic E-state index is 12.0. The molecule has 0 bridgehead atoms. The molecule has 0 aromatic heterocycles. The molecule has 0 fully saturated rings. The molecule has 4 atom stereocenters. The first-order valence-corrected chi connectivity index (χ1v) is 7.39. The first-order valence-electron chi connectivity index (χ1n) is 6.76. The number of aliphatic hydroxyl groups excluding tert-OH is 1. The third-order valence-electron chi connectivity index (χ3n) is 2.90. The average Bonchev–Trinajstić information content (AvgIpc) is 2.46. The molecule has 132 valence electrons. The van der Waals surface area contributed by atoms with Gasteiger partial charge in [-0.25, -0.2) is 4.79 Å². The summed E-state index contributed by atoms with van der Waals surface area (Å²) in [6, 6.07) is -3.77. The molecule has 0 saturated heterocycles. The Labute approximate surface area is 138 Å². The van der Waals surface area contributed by atoms with Crippen LogP contribution in [-0.4, -0.2) is 63.9 Å². The van der Waals surface area contributed by atoms with E-state index in [1.54, 1.807) is 0 Å². The van der Waals surface area contributed by atoms with Gasteiger partial charge in [-0.15, -0.1) is 0 Å². The standard InChI is InChI=1S/C12H22N4O6S/c1-5(17)9(11(20)15-7(4-23)12(21)22)16-10(19)6(13)2-3-8(14)18/h5-7,9,17,23H,2-4,13H2,1H3,(H2,14,18)(H,15,20)(H,16,19)(H,21,22). The molecule has 0 heterocycles. The number of nitrogens with one attached hydrogen (secondary N) is 2. The fourth-order valence-electron chi connectivity index (χ4n) is 1.54. The van der Waals surface area contributed by atoms with Gasteiger partial charge in [0.2, 0.25) is 17.7 Å². The van der Waals surface area contributed by atoms with Crippen LogP contribution in [0.25, 0.3) is 0 Å². The van der Waals surface area contributed by atoms with E-state index in [0.717, 1.165) is 0 Å². The molecule has 3 amide bonds. The van der Waals surface area contributed by atoms with E-state index in [1.165, 1.54) is 6.92 Å². The second-order valence-electron chi connectivity index (χ2n) is 4.92. The maximum atomic E-state index is 12.0. The van der Waals surface area contributed by atoms with Crippen molar-refractivity contribution in [3.63, 3.8) is 0 Å². The van der Waals surface area contributed by atoms with Crippen LogP contribution in [-0.2, 0) is 19.2 Å². The Morgan fingerprint density at radius 1 is 1.17 bits per heavy atom. The average molecular weight is 350 g/mol. The number of carboxylic acid groups (broad SMARTS) is 1. The van der Waals surface area contributed by atoms with Crippen LogP contribution in [0.3, 0.4) is 0 Å². The molecule has 10 nitrogen and oxygen atoms in total. The predicted octanol–water partition coefficient (Wildman–Crippen LogP) is -3.06. The topological polar surface area (TPSA) is 185 Å². The highest BCUT2D eigenvalue weighted by atomic mass is 32.1. The van der Waals surface area contributed by atoms with Crippen LogP contribution in [0.1, 0.15) is 19.8 Å². The Morgan fingerprint density at radius 2 is 1.74 bits per heavy atom. The lowest BCUT2D eigenvalue weighted by atomic mass is 10.1. The van der Waals surface area contributed by atoms with E-state index in [2.05, 4.69) is 23.3 Å². The van der Waals surface area contributed by atoms with Crippen molar-refractivity contribution >= 4 is 36.3 Å². The fraction of sp³-hybridized carbons (Fsp3) is 0.667. The molecule has 0 aliphatic heterocycles. The van der Waals surface area contributed by atoms with E-state index in [-0.39, 0.29) is 18.6 Å². The van der Waals surface area contributed by atoms with Gasteiger partial charge in [-0.1, -0.05) is 0 Å². The van der Waals surface area contributed by atoms with Gasteiger partial charge in [0, 0.05) is 12.2 Å². The number of thiol groups is 1. The number of aliphatic hydroxyl groups is 1. The zero-order valence-corrected chi connectivity index (χ0v) is 13.5. The molecule has 8 N–H and O–H groups in total. The molecule has 0 aromatic rings. The van der Waals surface area contributed by atoms with Gasteiger partial charge in [0.15, 0.2) is 0 Å². The summed E-state index contributed by atoms with van der Waals surface area (Å²) in [6.45, 7) is 1.25. The van der Waals surface area contributed by atoms with E-state index in [1.807, 2.05) is 0 Å². The highest BCUT2D eigenvalue weighted by Gasteiger charge is 2.30. The lowest BCUT2D eigenvalue weighted by Gasteiger charge is -2.24. The van der Waals surface area contributed by atoms with E-state index < -0.39 is 47.9 Å². The van der Waals surface area contributed by atoms with Crippen LogP contribution in [0, 0.1) is 0 Å². The van der Waals surface area contributed by atoms with E-state index >= 15 is 0 Å². The first-order chi connectivity index (χ1) is 10.6. The van der Waals surface area contributed by atoms with Crippen LogP contribution >= 0.6 is 12.6 Å². The van der Waals surface area contributed by atoms with E-state index in [9.17, 15) is 24.3 Å². The minimum absolute atomic E-state index is 0.0241. The second-order valence-corrected chi connectivity index (χ2v) is 5.29. The number of carboxylic acids is 1. The number of rotatable bonds is 10. The fourth-order valence-corrected chi connectivity index (χ4v) is 1.79. The molecular formula is C12H22N4O6S. The highest BCUT2D eigenvalue weighted by molar-refractivity contribution is 7.80. The van der Waals surface area contributed by atoms with Crippen LogP contribution in [0.15, 0.2) is 0 Å². The molecule has 0 aliphatic carbocycles.